The molecule has 0 spiro atoms. The van der Waals surface area contributed by atoms with Crippen LogP contribution in [0.5, 0.6) is 0 Å². The van der Waals surface area contributed by atoms with Crippen molar-refractivity contribution in [1.29, 1.82) is 5.26 Å². The molecular weight excluding hydrogens is 205 g/mol. The predicted octanol–water partition coefficient (Wildman–Crippen LogP) is 2.07. The summed E-state index contributed by atoms with van der Waals surface area (Å²) in [5.74, 6) is -0.449. The third kappa shape index (κ3) is 1.98. The summed E-state index contributed by atoms with van der Waals surface area (Å²) in [7, 11) is 0. The van der Waals surface area contributed by atoms with Gasteiger partial charge in [0.05, 0.1) is 17.3 Å². The summed E-state index contributed by atoms with van der Waals surface area (Å²) in [5.41, 5.74) is 4.77. The molecule has 0 radical (unpaired) electrons. The molecule has 16 heavy (non-hydrogen) atoms. The van der Waals surface area contributed by atoms with Gasteiger partial charge in [0.1, 0.15) is 5.82 Å². The highest BCUT2D eigenvalue weighted by Crippen LogP contribution is 2.12. The summed E-state index contributed by atoms with van der Waals surface area (Å²) in [6, 6.07) is 6.00. The van der Waals surface area contributed by atoms with Crippen LogP contribution in [0.1, 0.15) is 11.1 Å². The Morgan fingerprint density at radius 3 is 2.75 bits per heavy atom. The van der Waals surface area contributed by atoms with E-state index in [1.165, 1.54) is 12.1 Å². The van der Waals surface area contributed by atoms with Gasteiger partial charge in [0.2, 0.25) is 0 Å². The minimum absolute atomic E-state index is 0.274. The average Bonchev–Trinajstić information content (AvgIpc) is 2.29. The number of halogens is 1. The monoisotopic (exact) mass is 213 g/mol. The lowest BCUT2D eigenvalue weighted by Crippen LogP contribution is -2.13. The lowest BCUT2D eigenvalue weighted by Gasteiger charge is -2.09. The van der Waals surface area contributed by atoms with Crippen LogP contribution < -0.4 is 5.43 Å². The van der Waals surface area contributed by atoms with E-state index in [9.17, 15) is 4.39 Å². The third-order valence-electron chi connectivity index (χ3n) is 2.08. The molecule has 0 fully saturated rings. The van der Waals surface area contributed by atoms with Crippen LogP contribution in [0.4, 0.5) is 4.39 Å². The Morgan fingerprint density at radius 1 is 1.31 bits per heavy atom. The van der Waals surface area contributed by atoms with Gasteiger partial charge in [0.25, 0.3) is 0 Å². The molecule has 0 aromatic heterocycles. The first-order valence-corrected chi connectivity index (χ1v) is 4.61. The molecule has 3 nitrogen and oxygen atoms in total. The quantitative estimate of drug-likeness (QED) is 0.776. The van der Waals surface area contributed by atoms with Crippen molar-refractivity contribution in [2.45, 2.75) is 0 Å². The first-order valence-electron chi connectivity index (χ1n) is 4.61. The number of benzene rings is 1. The first-order chi connectivity index (χ1) is 7.69. The lowest BCUT2D eigenvalue weighted by molar-refractivity contribution is 0.627. The van der Waals surface area contributed by atoms with Crippen molar-refractivity contribution in [3.05, 3.63) is 59.6 Å². The number of hydrazone groups is 1. The smallest absolute Gasteiger partial charge is 0.125 e. The van der Waals surface area contributed by atoms with Gasteiger partial charge in [-0.05, 0) is 30.4 Å². The molecule has 1 aromatic rings. The fourth-order valence-corrected chi connectivity index (χ4v) is 1.35. The van der Waals surface area contributed by atoms with Gasteiger partial charge >= 0.3 is 0 Å². The van der Waals surface area contributed by atoms with E-state index in [2.05, 4.69) is 17.1 Å². The van der Waals surface area contributed by atoms with E-state index in [4.69, 9.17) is 5.26 Å². The number of nitriles is 1. The second kappa shape index (κ2) is 3.99. The van der Waals surface area contributed by atoms with E-state index in [1.54, 1.807) is 18.2 Å². The Kier molecular flexibility index (Phi) is 2.52. The van der Waals surface area contributed by atoms with E-state index in [0.29, 0.717) is 17.0 Å². The van der Waals surface area contributed by atoms with Gasteiger partial charge in [-0.1, -0.05) is 6.58 Å². The van der Waals surface area contributed by atoms with E-state index in [0.717, 1.165) is 0 Å². The summed E-state index contributed by atoms with van der Waals surface area (Å²) in [6.45, 7) is 3.66. The van der Waals surface area contributed by atoms with Crippen LogP contribution in [0.15, 0.2) is 47.7 Å². The van der Waals surface area contributed by atoms with Crippen LogP contribution in [-0.4, -0.2) is 5.71 Å². The number of rotatable bonds is 1. The molecule has 0 amide bonds. The highest BCUT2D eigenvalue weighted by atomic mass is 19.1. The Morgan fingerprint density at radius 2 is 2.12 bits per heavy atom. The molecule has 0 atom stereocenters. The fourth-order valence-electron chi connectivity index (χ4n) is 1.35. The van der Waals surface area contributed by atoms with Crippen molar-refractivity contribution in [2.24, 2.45) is 5.10 Å². The number of hydrogen-bond acceptors (Lipinski definition) is 3. The fraction of sp³-hybridized carbons (Fsp3) is 0. The van der Waals surface area contributed by atoms with Crippen molar-refractivity contribution in [2.75, 3.05) is 0 Å². The van der Waals surface area contributed by atoms with Gasteiger partial charge in [0.15, 0.2) is 0 Å². The van der Waals surface area contributed by atoms with Crippen LogP contribution in [0.2, 0.25) is 0 Å². The molecule has 0 saturated carbocycles. The summed E-state index contributed by atoms with van der Waals surface area (Å²) in [4.78, 5) is 0. The SMILES string of the molecule is C=C1C=CC(c2cc(F)cc(C#N)c2)=NN1. The van der Waals surface area contributed by atoms with Crippen LogP contribution in [0, 0.1) is 17.1 Å². The van der Waals surface area contributed by atoms with Crippen molar-refractivity contribution < 1.29 is 4.39 Å². The lowest BCUT2D eigenvalue weighted by atomic mass is 10.1. The predicted molar refractivity (Wildman–Crippen MR) is 59.1 cm³/mol. The molecule has 0 bridgehead atoms. The van der Waals surface area contributed by atoms with Crippen molar-refractivity contribution in [3.63, 3.8) is 0 Å². The van der Waals surface area contributed by atoms with Gasteiger partial charge in [-0.3, -0.25) is 5.43 Å². The van der Waals surface area contributed by atoms with Crippen LogP contribution in [0.3, 0.4) is 0 Å². The number of nitrogens with zero attached hydrogens (tertiary/aromatic N) is 2. The van der Waals surface area contributed by atoms with Crippen molar-refractivity contribution >= 4 is 5.71 Å². The van der Waals surface area contributed by atoms with E-state index in [1.807, 2.05) is 6.07 Å². The van der Waals surface area contributed by atoms with Crippen LogP contribution >= 0.6 is 0 Å². The average molecular weight is 213 g/mol. The van der Waals surface area contributed by atoms with Crippen LogP contribution in [-0.2, 0) is 0 Å². The van der Waals surface area contributed by atoms with Gasteiger partial charge in [-0.2, -0.15) is 10.4 Å². The van der Waals surface area contributed by atoms with E-state index in [-0.39, 0.29) is 5.56 Å². The molecule has 1 heterocycles. The summed E-state index contributed by atoms with van der Waals surface area (Å²) in [5, 5.41) is 12.7. The first kappa shape index (κ1) is 10.1. The van der Waals surface area contributed by atoms with Gasteiger partial charge < -0.3 is 0 Å². The Labute approximate surface area is 92.2 Å². The zero-order chi connectivity index (χ0) is 11.5. The molecule has 78 valence electrons. The zero-order valence-corrected chi connectivity index (χ0v) is 8.37. The largest absolute Gasteiger partial charge is 0.279 e. The van der Waals surface area contributed by atoms with E-state index < -0.39 is 5.82 Å². The Bertz CT molecular complexity index is 550. The normalized spacial score (nSPS) is 14.0. The molecule has 0 unspecified atom stereocenters. The molecule has 4 heteroatoms. The molecular formula is C12H8FN3. The summed E-state index contributed by atoms with van der Waals surface area (Å²) < 4.78 is 13.2. The van der Waals surface area contributed by atoms with Gasteiger partial charge in [-0.15, -0.1) is 0 Å². The standard InChI is InChI=1S/C12H8FN3/c1-8-2-3-12(16-15-8)10-4-9(7-14)5-11(13)6-10/h2-6,15H,1H2. The van der Waals surface area contributed by atoms with Crippen LogP contribution in [0.25, 0.3) is 0 Å². The number of nitrogens with one attached hydrogen (secondary N) is 1. The zero-order valence-electron chi connectivity index (χ0n) is 8.37. The molecule has 1 aromatic carbocycles. The number of hydrogen-bond donors (Lipinski definition) is 1. The summed E-state index contributed by atoms with van der Waals surface area (Å²) >= 11 is 0. The highest BCUT2D eigenvalue weighted by Gasteiger charge is 2.07. The van der Waals surface area contributed by atoms with Crippen molar-refractivity contribution in [1.82, 2.24) is 5.43 Å². The maximum Gasteiger partial charge on any atom is 0.125 e. The van der Waals surface area contributed by atoms with Gasteiger partial charge in [-0.25, -0.2) is 4.39 Å². The Hall–Kier alpha value is -2.41. The summed E-state index contributed by atoms with van der Waals surface area (Å²) in [6.07, 6.45) is 3.45. The minimum atomic E-state index is -0.449. The topological polar surface area (TPSA) is 48.2 Å². The molecule has 2 rings (SSSR count). The second-order valence-electron chi connectivity index (χ2n) is 3.31. The molecule has 1 aliphatic rings. The van der Waals surface area contributed by atoms with E-state index >= 15 is 0 Å². The molecule has 1 aliphatic heterocycles. The molecule has 0 saturated heterocycles. The minimum Gasteiger partial charge on any atom is -0.279 e. The third-order valence-corrected chi connectivity index (χ3v) is 2.08. The van der Waals surface area contributed by atoms with Crippen molar-refractivity contribution in [3.8, 4) is 6.07 Å². The second-order valence-corrected chi connectivity index (χ2v) is 3.31. The number of allylic oxidation sites excluding steroid dienone is 2. The maximum atomic E-state index is 13.2. The Balaban J connectivity index is 2.42. The van der Waals surface area contributed by atoms with Gasteiger partial charge in [0, 0.05) is 11.3 Å². The molecule has 0 aliphatic carbocycles. The highest BCUT2D eigenvalue weighted by molar-refractivity contribution is 6.09. The molecule has 1 N–H and O–H groups in total. The maximum absolute atomic E-state index is 13.2.